The Kier molecular flexibility index (Phi) is 3.11. The molecule has 90 valence electrons. The molecule has 0 amide bonds. The van der Waals surface area contributed by atoms with Gasteiger partial charge >= 0.3 is 0 Å². The summed E-state index contributed by atoms with van der Waals surface area (Å²) in [6.45, 7) is 1.76. The number of rotatable bonds is 2. The molecule has 2 rings (SSSR count). The molecule has 0 fully saturated rings. The van der Waals surface area contributed by atoms with Crippen LogP contribution in [0, 0.1) is 24.1 Å². The average molecular weight is 243 g/mol. The second-order valence-corrected chi connectivity index (χ2v) is 3.71. The van der Waals surface area contributed by atoms with E-state index < -0.39 is 5.82 Å². The van der Waals surface area contributed by atoms with Gasteiger partial charge in [-0.3, -0.25) is 0 Å². The maximum absolute atomic E-state index is 13.6. The van der Waals surface area contributed by atoms with E-state index >= 15 is 0 Å². The van der Waals surface area contributed by atoms with Crippen molar-refractivity contribution in [2.24, 2.45) is 0 Å². The average Bonchev–Trinajstić information content (AvgIpc) is 2.33. The van der Waals surface area contributed by atoms with E-state index in [2.05, 4.69) is 4.98 Å². The summed E-state index contributed by atoms with van der Waals surface area (Å²) in [5.74, 6) is -0.526. The van der Waals surface area contributed by atoms with Crippen molar-refractivity contribution < 1.29 is 9.13 Å². The van der Waals surface area contributed by atoms with Crippen LogP contribution in [-0.2, 0) is 0 Å². The van der Waals surface area contributed by atoms with Crippen LogP contribution in [0.25, 0.3) is 0 Å². The Bertz CT molecular complexity index is 635. The molecule has 0 radical (unpaired) electrons. The third-order valence-corrected chi connectivity index (χ3v) is 2.40. The molecule has 0 saturated heterocycles. The van der Waals surface area contributed by atoms with Gasteiger partial charge in [0.05, 0.1) is 0 Å². The standard InChI is InChI=1S/C13H10FN3O/c1-8-4-5-17-13(10(8)7-15)18-12-3-2-9(16)6-11(12)14/h2-6H,16H2,1H3. The highest BCUT2D eigenvalue weighted by atomic mass is 19.1. The first-order valence-electron chi connectivity index (χ1n) is 5.20. The quantitative estimate of drug-likeness (QED) is 0.823. The number of anilines is 1. The number of hydrogen-bond acceptors (Lipinski definition) is 4. The van der Waals surface area contributed by atoms with Gasteiger partial charge in [0.2, 0.25) is 5.88 Å². The Morgan fingerprint density at radius 2 is 2.17 bits per heavy atom. The minimum atomic E-state index is -0.595. The molecule has 0 aliphatic carbocycles. The van der Waals surface area contributed by atoms with Crippen LogP contribution in [0.1, 0.15) is 11.1 Å². The van der Waals surface area contributed by atoms with Crippen LogP contribution in [0.3, 0.4) is 0 Å². The van der Waals surface area contributed by atoms with Crippen molar-refractivity contribution in [1.29, 1.82) is 5.26 Å². The van der Waals surface area contributed by atoms with Crippen LogP contribution in [0.15, 0.2) is 30.5 Å². The highest BCUT2D eigenvalue weighted by molar-refractivity contribution is 5.48. The van der Waals surface area contributed by atoms with Gasteiger partial charge in [-0.15, -0.1) is 0 Å². The van der Waals surface area contributed by atoms with Gasteiger partial charge < -0.3 is 10.5 Å². The lowest BCUT2D eigenvalue weighted by Crippen LogP contribution is -1.96. The van der Waals surface area contributed by atoms with E-state index in [1.807, 2.05) is 6.07 Å². The summed E-state index contributed by atoms with van der Waals surface area (Å²) >= 11 is 0. The van der Waals surface area contributed by atoms with Crippen molar-refractivity contribution in [3.05, 3.63) is 47.4 Å². The van der Waals surface area contributed by atoms with E-state index in [1.54, 1.807) is 13.0 Å². The fourth-order valence-electron chi connectivity index (χ4n) is 1.45. The van der Waals surface area contributed by atoms with Crippen LogP contribution in [0.2, 0.25) is 0 Å². The molecule has 1 aromatic heterocycles. The summed E-state index contributed by atoms with van der Waals surface area (Å²) in [6, 6.07) is 7.73. The topological polar surface area (TPSA) is 71.9 Å². The number of ether oxygens (including phenoxy) is 1. The molecular weight excluding hydrogens is 233 g/mol. The van der Waals surface area contributed by atoms with Crippen LogP contribution in [-0.4, -0.2) is 4.98 Å². The fraction of sp³-hybridized carbons (Fsp3) is 0.0769. The van der Waals surface area contributed by atoms with Gasteiger partial charge in [0.15, 0.2) is 11.6 Å². The zero-order valence-corrected chi connectivity index (χ0v) is 9.64. The van der Waals surface area contributed by atoms with Crippen LogP contribution in [0.5, 0.6) is 11.6 Å². The molecule has 4 nitrogen and oxygen atoms in total. The second kappa shape index (κ2) is 4.72. The lowest BCUT2D eigenvalue weighted by molar-refractivity contribution is 0.426. The summed E-state index contributed by atoms with van der Waals surface area (Å²) in [4.78, 5) is 3.93. The van der Waals surface area contributed by atoms with Crippen molar-refractivity contribution in [1.82, 2.24) is 4.98 Å². The molecule has 5 heteroatoms. The number of nitrogens with zero attached hydrogens (tertiary/aromatic N) is 2. The van der Waals surface area contributed by atoms with E-state index in [1.165, 1.54) is 18.3 Å². The number of halogens is 1. The fourth-order valence-corrected chi connectivity index (χ4v) is 1.45. The van der Waals surface area contributed by atoms with Gasteiger partial charge in [-0.1, -0.05) is 0 Å². The maximum Gasteiger partial charge on any atom is 0.237 e. The predicted octanol–water partition coefficient (Wildman–Crippen LogP) is 2.78. The van der Waals surface area contributed by atoms with Crippen LogP contribution >= 0.6 is 0 Å². The normalized spacial score (nSPS) is 9.83. The lowest BCUT2D eigenvalue weighted by Gasteiger charge is -2.08. The van der Waals surface area contributed by atoms with Crippen molar-refractivity contribution in [3.8, 4) is 17.7 Å². The first-order valence-corrected chi connectivity index (χ1v) is 5.20. The largest absolute Gasteiger partial charge is 0.435 e. The summed E-state index contributed by atoms with van der Waals surface area (Å²) in [7, 11) is 0. The number of nitrogens with two attached hydrogens (primary N) is 1. The Balaban J connectivity index is 2.41. The van der Waals surface area contributed by atoms with E-state index in [0.717, 1.165) is 11.6 Å². The van der Waals surface area contributed by atoms with Gasteiger partial charge in [-0.2, -0.15) is 5.26 Å². The zero-order chi connectivity index (χ0) is 13.1. The molecule has 0 unspecified atom stereocenters. The van der Waals surface area contributed by atoms with Gasteiger partial charge in [-0.05, 0) is 30.7 Å². The molecule has 0 aliphatic rings. The number of hydrogen-bond donors (Lipinski definition) is 1. The molecule has 2 aromatic rings. The Hall–Kier alpha value is -2.61. The molecule has 1 aromatic carbocycles. The number of nitrogen functional groups attached to an aromatic ring is 1. The molecule has 0 aliphatic heterocycles. The Morgan fingerprint density at radius 3 is 2.83 bits per heavy atom. The van der Waals surface area contributed by atoms with E-state index in [9.17, 15) is 4.39 Å². The number of aromatic nitrogens is 1. The third-order valence-electron chi connectivity index (χ3n) is 2.40. The van der Waals surface area contributed by atoms with E-state index in [0.29, 0.717) is 5.69 Å². The Labute approximate surface area is 103 Å². The highest BCUT2D eigenvalue weighted by Gasteiger charge is 2.11. The number of nitriles is 1. The summed E-state index contributed by atoms with van der Waals surface area (Å²) in [5.41, 5.74) is 6.75. The molecule has 0 atom stereocenters. The first-order chi connectivity index (χ1) is 8.61. The van der Waals surface area contributed by atoms with E-state index in [-0.39, 0.29) is 17.2 Å². The van der Waals surface area contributed by atoms with Gasteiger partial charge in [0.1, 0.15) is 11.6 Å². The summed E-state index contributed by atoms with van der Waals surface area (Å²) in [5, 5.41) is 9.01. The van der Waals surface area contributed by atoms with Gasteiger partial charge in [-0.25, -0.2) is 9.37 Å². The molecule has 0 saturated carbocycles. The minimum absolute atomic E-state index is 0.0150. The molecule has 18 heavy (non-hydrogen) atoms. The highest BCUT2D eigenvalue weighted by Crippen LogP contribution is 2.27. The molecule has 2 N–H and O–H groups in total. The third kappa shape index (κ3) is 2.23. The zero-order valence-electron chi connectivity index (χ0n) is 9.64. The summed E-state index contributed by atoms with van der Waals surface area (Å²) in [6.07, 6.45) is 1.50. The predicted molar refractivity (Wildman–Crippen MR) is 64.6 cm³/mol. The van der Waals surface area contributed by atoms with Crippen molar-refractivity contribution >= 4 is 5.69 Å². The minimum Gasteiger partial charge on any atom is -0.435 e. The van der Waals surface area contributed by atoms with Gasteiger partial charge in [0.25, 0.3) is 0 Å². The molecular formula is C13H10FN3O. The summed E-state index contributed by atoms with van der Waals surface area (Å²) < 4.78 is 18.9. The monoisotopic (exact) mass is 243 g/mol. The van der Waals surface area contributed by atoms with Crippen molar-refractivity contribution in [2.75, 3.05) is 5.73 Å². The SMILES string of the molecule is Cc1ccnc(Oc2ccc(N)cc2F)c1C#N. The first kappa shape index (κ1) is 11.9. The molecule has 0 bridgehead atoms. The second-order valence-electron chi connectivity index (χ2n) is 3.71. The van der Waals surface area contributed by atoms with E-state index in [4.69, 9.17) is 15.7 Å². The number of pyridine rings is 1. The smallest absolute Gasteiger partial charge is 0.237 e. The maximum atomic E-state index is 13.6. The molecule has 0 spiro atoms. The molecule has 1 heterocycles. The van der Waals surface area contributed by atoms with Crippen LogP contribution in [0.4, 0.5) is 10.1 Å². The number of aryl methyl sites for hydroxylation is 1. The van der Waals surface area contributed by atoms with Crippen LogP contribution < -0.4 is 10.5 Å². The van der Waals surface area contributed by atoms with Crippen molar-refractivity contribution in [2.45, 2.75) is 6.92 Å². The van der Waals surface area contributed by atoms with Crippen molar-refractivity contribution in [3.63, 3.8) is 0 Å². The van der Waals surface area contributed by atoms with Gasteiger partial charge in [0, 0.05) is 18.0 Å². The number of benzene rings is 1. The lowest BCUT2D eigenvalue weighted by atomic mass is 10.2. The Morgan fingerprint density at radius 1 is 1.39 bits per heavy atom.